The van der Waals surface area contributed by atoms with E-state index in [1.54, 1.807) is 0 Å². The lowest BCUT2D eigenvalue weighted by atomic mass is 9.97. The summed E-state index contributed by atoms with van der Waals surface area (Å²) in [5.41, 5.74) is 9.88. The number of benzene rings is 8. The van der Waals surface area contributed by atoms with Gasteiger partial charge >= 0.3 is 0 Å². The van der Waals surface area contributed by atoms with E-state index in [0.717, 1.165) is 61.0 Å². The number of hydrogen-bond acceptors (Lipinski definition) is 5. The van der Waals surface area contributed by atoms with Crippen molar-refractivity contribution in [2.45, 2.75) is 0 Å². The second kappa shape index (κ2) is 12.6. The van der Waals surface area contributed by atoms with Crippen LogP contribution in [0.5, 0.6) is 0 Å². The molecule has 0 unspecified atom stereocenters. The van der Waals surface area contributed by atoms with Crippen molar-refractivity contribution >= 4 is 75.3 Å². The van der Waals surface area contributed by atoms with Gasteiger partial charge in [0.1, 0.15) is 11.2 Å². The molecule has 0 N–H and O–H groups in total. The highest BCUT2D eigenvalue weighted by Crippen LogP contribution is 2.44. The Morgan fingerprint density at radius 2 is 1.05 bits per heavy atom. The van der Waals surface area contributed by atoms with Gasteiger partial charge < -0.3 is 8.98 Å². The number of nitrogens with zero attached hydrogens (tertiary/aromatic N) is 4. The van der Waals surface area contributed by atoms with Crippen LogP contribution in [0.2, 0.25) is 0 Å². The van der Waals surface area contributed by atoms with Crippen molar-refractivity contribution in [3.63, 3.8) is 0 Å². The number of rotatable bonds is 5. The number of furan rings is 1. The van der Waals surface area contributed by atoms with E-state index in [2.05, 4.69) is 138 Å². The minimum Gasteiger partial charge on any atom is -0.456 e. The summed E-state index contributed by atoms with van der Waals surface area (Å²) in [5, 5.41) is 7.17. The Labute approximate surface area is 330 Å². The molecule has 266 valence electrons. The topological polar surface area (TPSA) is 56.7 Å². The van der Waals surface area contributed by atoms with Crippen LogP contribution in [-0.2, 0) is 0 Å². The highest BCUT2D eigenvalue weighted by Gasteiger charge is 2.21. The molecule has 0 radical (unpaired) electrons. The molecular weight excluding hydrogens is 717 g/mol. The summed E-state index contributed by atoms with van der Waals surface area (Å²) >= 11 is 1.85. The van der Waals surface area contributed by atoms with Crippen LogP contribution in [0.3, 0.4) is 0 Å². The van der Waals surface area contributed by atoms with E-state index in [0.29, 0.717) is 17.5 Å². The van der Waals surface area contributed by atoms with Gasteiger partial charge in [-0.2, -0.15) is 0 Å². The van der Waals surface area contributed by atoms with Gasteiger partial charge in [-0.15, -0.1) is 11.3 Å². The van der Waals surface area contributed by atoms with Gasteiger partial charge in [-0.25, -0.2) is 15.0 Å². The summed E-state index contributed by atoms with van der Waals surface area (Å²) < 4.78 is 11.5. The summed E-state index contributed by atoms with van der Waals surface area (Å²) in [6, 6.07) is 63.6. The van der Waals surface area contributed by atoms with Crippen molar-refractivity contribution in [2.75, 3.05) is 0 Å². The molecule has 0 bridgehead atoms. The Kier molecular flexibility index (Phi) is 7.03. The second-order valence-electron chi connectivity index (χ2n) is 14.4. The molecule has 0 spiro atoms. The minimum absolute atomic E-state index is 0.577. The van der Waals surface area contributed by atoms with Crippen LogP contribution in [0.25, 0.3) is 115 Å². The smallest absolute Gasteiger partial charge is 0.164 e. The van der Waals surface area contributed by atoms with Crippen LogP contribution in [0.15, 0.2) is 186 Å². The largest absolute Gasteiger partial charge is 0.456 e. The molecule has 0 atom stereocenters. The Bertz CT molecular complexity index is 3530. The molecule has 12 rings (SSSR count). The molecule has 0 aliphatic carbocycles. The monoisotopic (exact) mass is 746 g/mol. The molecule has 57 heavy (non-hydrogen) atoms. The standard InChI is InChI=1S/C51H30N4OS/c1-3-14-31(15-4-1)41-29-34(30-44-46(41)40-22-8-11-24-43(40)56-44)51-53-49(32-16-5-2-6-17-32)52-50(54-51)33-18-13-19-35(28-33)55-42-23-10-7-20-36(42)38-26-27-39-37-21-9-12-25-45(37)57-48(39)47(38)55/h1-30H. The SMILES string of the molecule is c1ccc(-c2nc(-c3cccc(-n4c5ccccc5c5ccc6c7ccccc7sc6c54)c3)nc(-c3cc(-c4ccccc4)c4c(c3)oc3ccccc34)n2)cc1. The lowest BCUT2D eigenvalue weighted by Crippen LogP contribution is -2.01. The fourth-order valence-electron chi connectivity index (χ4n) is 8.46. The molecule has 4 aromatic heterocycles. The van der Waals surface area contributed by atoms with Gasteiger partial charge in [0.25, 0.3) is 0 Å². The van der Waals surface area contributed by atoms with Gasteiger partial charge in [0.15, 0.2) is 17.5 Å². The Hall–Kier alpha value is -7.41. The third kappa shape index (κ3) is 5.04. The zero-order valence-electron chi connectivity index (χ0n) is 30.4. The van der Waals surface area contributed by atoms with Gasteiger partial charge in [-0.3, -0.25) is 0 Å². The van der Waals surface area contributed by atoms with Crippen LogP contribution in [0, 0.1) is 0 Å². The van der Waals surface area contributed by atoms with Crippen LogP contribution in [0.4, 0.5) is 0 Å². The quantitative estimate of drug-likeness (QED) is 0.176. The van der Waals surface area contributed by atoms with Gasteiger partial charge in [0.05, 0.1) is 15.7 Å². The molecule has 6 heteroatoms. The van der Waals surface area contributed by atoms with Crippen molar-refractivity contribution in [2.24, 2.45) is 0 Å². The van der Waals surface area contributed by atoms with Crippen molar-refractivity contribution in [1.82, 2.24) is 19.5 Å². The lowest BCUT2D eigenvalue weighted by molar-refractivity contribution is 0.669. The first-order chi connectivity index (χ1) is 28.2. The van der Waals surface area contributed by atoms with E-state index in [9.17, 15) is 0 Å². The number of fused-ring (bicyclic) bond motifs is 10. The summed E-state index contributed by atoms with van der Waals surface area (Å²) in [7, 11) is 0. The number of para-hydroxylation sites is 2. The molecule has 0 saturated heterocycles. The molecule has 12 aromatic rings. The van der Waals surface area contributed by atoms with Crippen molar-refractivity contribution < 1.29 is 4.42 Å². The third-order valence-corrected chi connectivity index (χ3v) is 12.2. The minimum atomic E-state index is 0.577. The molecule has 8 aromatic carbocycles. The first-order valence-electron chi connectivity index (χ1n) is 19.0. The maximum Gasteiger partial charge on any atom is 0.164 e. The normalized spacial score (nSPS) is 11.9. The summed E-state index contributed by atoms with van der Waals surface area (Å²) in [5.74, 6) is 1.78. The van der Waals surface area contributed by atoms with Gasteiger partial charge in [0.2, 0.25) is 0 Å². The van der Waals surface area contributed by atoms with Crippen molar-refractivity contribution in [1.29, 1.82) is 0 Å². The third-order valence-electron chi connectivity index (χ3n) is 11.0. The van der Waals surface area contributed by atoms with Crippen LogP contribution in [0.1, 0.15) is 0 Å². The first-order valence-corrected chi connectivity index (χ1v) is 19.8. The molecule has 0 saturated carbocycles. The lowest BCUT2D eigenvalue weighted by Gasteiger charge is -2.12. The Balaban J connectivity index is 1.09. The molecule has 0 amide bonds. The van der Waals surface area contributed by atoms with Crippen LogP contribution < -0.4 is 0 Å². The second-order valence-corrected chi connectivity index (χ2v) is 15.4. The maximum absolute atomic E-state index is 6.51. The maximum atomic E-state index is 6.51. The predicted molar refractivity (Wildman–Crippen MR) is 236 cm³/mol. The summed E-state index contributed by atoms with van der Waals surface area (Å²) in [6.45, 7) is 0. The van der Waals surface area contributed by atoms with Crippen LogP contribution >= 0.6 is 11.3 Å². The Morgan fingerprint density at radius 1 is 0.421 bits per heavy atom. The van der Waals surface area contributed by atoms with E-state index >= 15 is 0 Å². The van der Waals surface area contributed by atoms with E-state index < -0.39 is 0 Å². The molecule has 5 nitrogen and oxygen atoms in total. The molecule has 0 fully saturated rings. The predicted octanol–water partition coefficient (Wildman–Crippen LogP) is 13.9. The molecular formula is C51H30N4OS. The molecule has 4 heterocycles. The zero-order valence-corrected chi connectivity index (χ0v) is 31.2. The molecule has 0 aliphatic heterocycles. The van der Waals surface area contributed by atoms with Gasteiger partial charge in [-0.05, 0) is 53.6 Å². The zero-order chi connectivity index (χ0) is 37.5. The van der Waals surface area contributed by atoms with Crippen LogP contribution in [-0.4, -0.2) is 19.5 Å². The van der Waals surface area contributed by atoms with Crippen molar-refractivity contribution in [3.8, 4) is 51.0 Å². The summed E-state index contributed by atoms with van der Waals surface area (Å²) in [6.07, 6.45) is 0. The van der Waals surface area contributed by atoms with E-state index in [1.807, 2.05) is 59.9 Å². The highest BCUT2D eigenvalue weighted by atomic mass is 32.1. The fraction of sp³-hybridized carbons (Fsp3) is 0. The Morgan fingerprint density at radius 3 is 1.88 bits per heavy atom. The number of hydrogen-bond donors (Lipinski definition) is 0. The first kappa shape index (κ1) is 31.9. The average Bonchev–Trinajstić information content (AvgIpc) is 3.96. The fourth-order valence-corrected chi connectivity index (χ4v) is 9.70. The van der Waals surface area contributed by atoms with Gasteiger partial charge in [0, 0.05) is 59.4 Å². The highest BCUT2D eigenvalue weighted by molar-refractivity contribution is 7.26. The van der Waals surface area contributed by atoms with E-state index in [1.165, 1.54) is 36.5 Å². The van der Waals surface area contributed by atoms with E-state index in [4.69, 9.17) is 19.4 Å². The van der Waals surface area contributed by atoms with Crippen molar-refractivity contribution in [3.05, 3.63) is 182 Å². The molecule has 0 aliphatic rings. The average molecular weight is 747 g/mol. The number of aromatic nitrogens is 4. The summed E-state index contributed by atoms with van der Waals surface area (Å²) in [4.78, 5) is 15.5. The van der Waals surface area contributed by atoms with Gasteiger partial charge in [-0.1, -0.05) is 140 Å². The van der Waals surface area contributed by atoms with E-state index in [-0.39, 0.29) is 0 Å². The number of thiophene rings is 1.